The zero-order valence-electron chi connectivity index (χ0n) is 17.7. The molecule has 0 atom stereocenters. The molecule has 5 heteroatoms. The molecule has 29 heavy (non-hydrogen) atoms. The summed E-state index contributed by atoms with van der Waals surface area (Å²) in [6, 6.07) is 16.1. The van der Waals surface area contributed by atoms with E-state index in [4.69, 9.17) is 16.3 Å². The van der Waals surface area contributed by atoms with Crippen molar-refractivity contribution >= 4 is 17.5 Å². The lowest BCUT2D eigenvalue weighted by Crippen LogP contribution is -2.49. The monoisotopic (exact) mass is 414 g/mol. The Hall–Kier alpha value is -2.04. The number of halogens is 1. The van der Waals surface area contributed by atoms with Crippen molar-refractivity contribution in [3.05, 3.63) is 64.7 Å². The van der Waals surface area contributed by atoms with E-state index in [2.05, 4.69) is 49.9 Å². The lowest BCUT2D eigenvalue weighted by molar-refractivity contribution is -0.135. The lowest BCUT2D eigenvalue weighted by atomic mass is 9.82. The van der Waals surface area contributed by atoms with Gasteiger partial charge >= 0.3 is 0 Å². The summed E-state index contributed by atoms with van der Waals surface area (Å²) in [7, 11) is 0. The fraction of sp³-hybridized carbons (Fsp3) is 0.458. The van der Waals surface area contributed by atoms with Gasteiger partial charge in [-0.25, -0.2) is 0 Å². The van der Waals surface area contributed by atoms with Gasteiger partial charge in [-0.15, -0.1) is 0 Å². The molecule has 2 aromatic rings. The number of nitrogens with zero attached hydrogens (tertiary/aromatic N) is 2. The van der Waals surface area contributed by atoms with Crippen LogP contribution in [0.5, 0.6) is 5.75 Å². The second kappa shape index (κ2) is 9.64. The molecule has 1 aliphatic rings. The molecule has 0 radical (unpaired) electrons. The Bertz CT molecular complexity index is 795. The molecule has 3 rings (SSSR count). The van der Waals surface area contributed by atoms with Gasteiger partial charge < -0.3 is 9.64 Å². The zero-order chi connectivity index (χ0) is 20.9. The maximum absolute atomic E-state index is 12.5. The van der Waals surface area contributed by atoms with E-state index in [1.165, 1.54) is 11.1 Å². The van der Waals surface area contributed by atoms with Gasteiger partial charge in [0.05, 0.1) is 0 Å². The molecule has 1 aliphatic heterocycles. The Balaban J connectivity index is 1.43. The van der Waals surface area contributed by atoms with Crippen molar-refractivity contribution in [3.63, 3.8) is 0 Å². The topological polar surface area (TPSA) is 32.8 Å². The molecule has 0 spiro atoms. The van der Waals surface area contributed by atoms with Crippen molar-refractivity contribution in [1.29, 1.82) is 0 Å². The summed E-state index contributed by atoms with van der Waals surface area (Å²) >= 11 is 5.95. The van der Waals surface area contributed by atoms with E-state index in [1.807, 2.05) is 29.2 Å². The number of ether oxygens (including phenoxy) is 1. The molecule has 4 nitrogen and oxygen atoms in total. The van der Waals surface area contributed by atoms with Crippen LogP contribution >= 0.6 is 11.6 Å². The highest BCUT2D eigenvalue weighted by molar-refractivity contribution is 6.30. The fourth-order valence-electron chi connectivity index (χ4n) is 3.45. The minimum Gasteiger partial charge on any atom is -0.484 e. The van der Waals surface area contributed by atoms with Gasteiger partial charge in [0, 0.05) is 37.7 Å². The molecule has 156 valence electrons. The Labute approximate surface area is 179 Å². The van der Waals surface area contributed by atoms with Crippen molar-refractivity contribution in [2.24, 2.45) is 0 Å². The molecular formula is C24H31ClN2O2. The minimum absolute atomic E-state index is 0.0501. The third kappa shape index (κ3) is 5.97. The Morgan fingerprint density at radius 3 is 2.21 bits per heavy atom. The average molecular weight is 415 g/mol. The van der Waals surface area contributed by atoms with E-state index in [-0.39, 0.29) is 17.9 Å². The SMILES string of the molecule is CCC(C)(C)c1ccc(OCC(=O)N2CCN(Cc3ccc(Cl)cc3)CC2)cc1. The first-order chi connectivity index (χ1) is 13.9. The van der Waals surface area contributed by atoms with Crippen LogP contribution in [0.25, 0.3) is 0 Å². The molecule has 0 aliphatic carbocycles. The van der Waals surface area contributed by atoms with Gasteiger partial charge in [-0.2, -0.15) is 0 Å². The molecular weight excluding hydrogens is 384 g/mol. The van der Waals surface area contributed by atoms with Gasteiger partial charge in [-0.05, 0) is 47.2 Å². The second-order valence-electron chi connectivity index (χ2n) is 8.33. The summed E-state index contributed by atoms with van der Waals surface area (Å²) in [6.07, 6.45) is 1.08. The largest absolute Gasteiger partial charge is 0.484 e. The molecule has 1 fully saturated rings. The van der Waals surface area contributed by atoms with Crippen LogP contribution in [0.1, 0.15) is 38.3 Å². The third-order valence-corrected chi connectivity index (χ3v) is 6.18. The van der Waals surface area contributed by atoms with Crippen molar-refractivity contribution in [1.82, 2.24) is 9.80 Å². The number of benzene rings is 2. The quantitative estimate of drug-likeness (QED) is 0.655. The van der Waals surface area contributed by atoms with Crippen molar-refractivity contribution in [3.8, 4) is 5.75 Å². The lowest BCUT2D eigenvalue weighted by Gasteiger charge is -2.34. The first kappa shape index (κ1) is 21.7. The molecule has 0 saturated carbocycles. The molecule has 2 aromatic carbocycles. The molecule has 0 aromatic heterocycles. The van der Waals surface area contributed by atoms with E-state index in [0.29, 0.717) is 0 Å². The molecule has 1 amide bonds. The van der Waals surface area contributed by atoms with E-state index < -0.39 is 0 Å². The number of carbonyl (C=O) groups is 1. The van der Waals surface area contributed by atoms with Gasteiger partial charge in [0.1, 0.15) is 5.75 Å². The highest BCUT2D eigenvalue weighted by Gasteiger charge is 2.22. The van der Waals surface area contributed by atoms with Gasteiger partial charge in [0.15, 0.2) is 6.61 Å². The highest BCUT2D eigenvalue weighted by Crippen LogP contribution is 2.28. The molecule has 0 unspecified atom stereocenters. The average Bonchev–Trinajstić information content (AvgIpc) is 2.74. The summed E-state index contributed by atoms with van der Waals surface area (Å²) in [4.78, 5) is 16.8. The van der Waals surface area contributed by atoms with Crippen molar-refractivity contribution < 1.29 is 9.53 Å². The van der Waals surface area contributed by atoms with Crippen LogP contribution in [0.15, 0.2) is 48.5 Å². The Morgan fingerprint density at radius 1 is 1.00 bits per heavy atom. The fourth-order valence-corrected chi connectivity index (χ4v) is 3.57. The molecule has 0 bridgehead atoms. The molecule has 1 saturated heterocycles. The maximum Gasteiger partial charge on any atom is 0.260 e. The van der Waals surface area contributed by atoms with Crippen molar-refractivity contribution in [2.45, 2.75) is 39.2 Å². The summed E-state index contributed by atoms with van der Waals surface area (Å²) in [6.45, 7) is 10.9. The summed E-state index contributed by atoms with van der Waals surface area (Å²) in [5, 5.41) is 0.757. The number of hydrogen-bond donors (Lipinski definition) is 0. The number of amides is 1. The highest BCUT2D eigenvalue weighted by atomic mass is 35.5. The summed E-state index contributed by atoms with van der Waals surface area (Å²) in [5.74, 6) is 0.796. The van der Waals surface area contributed by atoms with Gasteiger partial charge in [0.2, 0.25) is 0 Å². The standard InChI is InChI=1S/C24H31ClN2O2/c1-4-24(2,3)20-7-11-22(12-8-20)29-18-23(28)27-15-13-26(14-16-27)17-19-5-9-21(25)10-6-19/h5-12H,4,13-18H2,1-3H3. The van der Waals surface area contributed by atoms with Gasteiger partial charge in [-0.1, -0.05) is 56.6 Å². The number of carbonyl (C=O) groups excluding carboxylic acids is 1. The molecule has 0 N–H and O–H groups in total. The maximum atomic E-state index is 12.5. The third-order valence-electron chi connectivity index (χ3n) is 5.93. The summed E-state index contributed by atoms with van der Waals surface area (Å²) < 4.78 is 5.74. The number of piperazine rings is 1. The van der Waals surface area contributed by atoms with Gasteiger partial charge in [-0.3, -0.25) is 9.69 Å². The van der Waals surface area contributed by atoms with E-state index >= 15 is 0 Å². The normalized spacial score (nSPS) is 15.4. The number of hydrogen-bond acceptors (Lipinski definition) is 3. The molecule has 1 heterocycles. The van der Waals surface area contributed by atoms with Crippen molar-refractivity contribution in [2.75, 3.05) is 32.8 Å². The second-order valence-corrected chi connectivity index (χ2v) is 8.77. The van der Waals surface area contributed by atoms with Gasteiger partial charge in [0.25, 0.3) is 5.91 Å². The first-order valence-electron chi connectivity index (χ1n) is 10.4. The summed E-state index contributed by atoms with van der Waals surface area (Å²) in [5.41, 5.74) is 2.68. The van der Waals surface area contributed by atoms with Crippen LogP contribution in [0.3, 0.4) is 0 Å². The van der Waals surface area contributed by atoms with E-state index in [0.717, 1.165) is 49.9 Å². The van der Waals surface area contributed by atoms with E-state index in [1.54, 1.807) is 0 Å². The van der Waals surface area contributed by atoms with E-state index in [9.17, 15) is 4.79 Å². The van der Waals surface area contributed by atoms with Crippen LogP contribution in [0, 0.1) is 0 Å². The number of rotatable bonds is 7. The zero-order valence-corrected chi connectivity index (χ0v) is 18.4. The Morgan fingerprint density at radius 2 is 1.62 bits per heavy atom. The predicted octanol–water partition coefficient (Wildman–Crippen LogP) is 4.75. The predicted molar refractivity (Wildman–Crippen MR) is 119 cm³/mol. The minimum atomic E-state index is 0.0501. The van der Waals surface area contributed by atoms with Crippen LogP contribution in [-0.4, -0.2) is 48.5 Å². The van der Waals surface area contributed by atoms with Crippen LogP contribution in [0.2, 0.25) is 5.02 Å². The van der Waals surface area contributed by atoms with Crippen LogP contribution < -0.4 is 4.74 Å². The Kier molecular flexibility index (Phi) is 7.20. The smallest absolute Gasteiger partial charge is 0.260 e. The van der Waals surface area contributed by atoms with Crippen LogP contribution in [0.4, 0.5) is 0 Å². The first-order valence-corrected chi connectivity index (χ1v) is 10.7. The van der Waals surface area contributed by atoms with Crippen LogP contribution in [-0.2, 0) is 16.8 Å².